The maximum Gasteiger partial charge on any atom is 0.266 e. The Hall–Kier alpha value is -1.32. The van der Waals surface area contributed by atoms with Crippen LogP contribution in [0.4, 0.5) is 5.69 Å². The van der Waals surface area contributed by atoms with Crippen molar-refractivity contribution in [1.82, 2.24) is 15.5 Å². The maximum absolute atomic E-state index is 12.4. The van der Waals surface area contributed by atoms with Crippen molar-refractivity contribution in [2.45, 2.75) is 32.2 Å². The lowest BCUT2D eigenvalue weighted by molar-refractivity contribution is 0.464. The molecule has 0 aliphatic heterocycles. The van der Waals surface area contributed by atoms with Crippen molar-refractivity contribution in [3.05, 3.63) is 27.9 Å². The smallest absolute Gasteiger partial charge is 0.266 e. The van der Waals surface area contributed by atoms with E-state index in [1.165, 1.54) is 6.07 Å². The molecule has 0 amide bonds. The molecule has 21 heavy (non-hydrogen) atoms. The van der Waals surface area contributed by atoms with E-state index < -0.39 is 10.0 Å². The van der Waals surface area contributed by atoms with Crippen molar-refractivity contribution >= 4 is 31.6 Å². The van der Waals surface area contributed by atoms with Gasteiger partial charge >= 0.3 is 0 Å². The summed E-state index contributed by atoms with van der Waals surface area (Å²) in [7, 11) is -3.74. The largest absolute Gasteiger partial charge is 0.451 e. The Bertz CT molecular complexity index is 716. The van der Waals surface area contributed by atoms with Crippen LogP contribution < -0.4 is 10.0 Å². The fraction of sp³-hybridized carbons (Fsp3) is 0.417. The van der Waals surface area contributed by atoms with E-state index in [2.05, 4.69) is 36.2 Å². The fourth-order valence-electron chi connectivity index (χ4n) is 1.81. The molecule has 0 saturated heterocycles. The Labute approximate surface area is 131 Å². The zero-order valence-electron chi connectivity index (χ0n) is 11.9. The van der Waals surface area contributed by atoms with Gasteiger partial charge in [-0.15, -0.1) is 0 Å². The van der Waals surface area contributed by atoms with Gasteiger partial charge in [-0.3, -0.25) is 9.82 Å². The highest BCUT2D eigenvalue weighted by Gasteiger charge is 2.24. The molecule has 2 heterocycles. The quantitative estimate of drug-likeness (QED) is 0.717. The monoisotopic (exact) mass is 376 g/mol. The molecule has 2 aromatic rings. The third-order valence-corrected chi connectivity index (χ3v) is 5.12. The number of nitrogens with zero attached hydrogens (tertiary/aromatic N) is 1. The third-order valence-electron chi connectivity index (χ3n) is 2.91. The van der Waals surface area contributed by atoms with E-state index in [-0.39, 0.29) is 9.56 Å². The van der Waals surface area contributed by atoms with E-state index >= 15 is 0 Å². The summed E-state index contributed by atoms with van der Waals surface area (Å²) in [5.74, 6) is 0.546. The van der Waals surface area contributed by atoms with E-state index in [1.807, 2.05) is 6.92 Å². The Balaban J connectivity index is 2.29. The minimum atomic E-state index is -3.74. The summed E-state index contributed by atoms with van der Waals surface area (Å²) in [6.45, 7) is 6.67. The van der Waals surface area contributed by atoms with E-state index in [9.17, 15) is 8.42 Å². The molecule has 2 aromatic heterocycles. The highest BCUT2D eigenvalue weighted by Crippen LogP contribution is 2.29. The SMILES string of the molecule is CCNCc1cc(S(=O)(=O)Nc2c(C)n[nH]c2C)c(Br)o1. The van der Waals surface area contributed by atoms with E-state index in [4.69, 9.17) is 4.42 Å². The first-order valence-electron chi connectivity index (χ1n) is 6.38. The van der Waals surface area contributed by atoms with Crippen LogP contribution in [0.5, 0.6) is 0 Å². The summed E-state index contributed by atoms with van der Waals surface area (Å²) in [6, 6.07) is 1.50. The lowest BCUT2D eigenvalue weighted by atomic mass is 10.3. The van der Waals surface area contributed by atoms with Gasteiger partial charge < -0.3 is 9.73 Å². The maximum atomic E-state index is 12.4. The standard InChI is InChI=1S/C12H17BrN4O3S/c1-4-14-6-9-5-10(12(13)20-9)21(18,19)17-11-7(2)15-16-8(11)3/h5,14,17H,4,6H2,1-3H3,(H,15,16). The minimum absolute atomic E-state index is 0.0652. The van der Waals surface area contributed by atoms with Crippen LogP contribution in [-0.2, 0) is 16.6 Å². The normalized spacial score (nSPS) is 11.8. The van der Waals surface area contributed by atoms with Crippen molar-refractivity contribution in [2.24, 2.45) is 0 Å². The van der Waals surface area contributed by atoms with E-state index in [0.29, 0.717) is 29.4 Å². The number of hydrogen-bond donors (Lipinski definition) is 3. The molecule has 0 unspecified atom stereocenters. The predicted molar refractivity (Wildman–Crippen MR) is 82.7 cm³/mol. The fourth-order valence-corrected chi connectivity index (χ4v) is 3.99. The van der Waals surface area contributed by atoms with Crippen LogP contribution in [0, 0.1) is 13.8 Å². The molecule has 116 valence electrons. The topological polar surface area (TPSA) is 100 Å². The molecule has 0 aliphatic rings. The summed E-state index contributed by atoms with van der Waals surface area (Å²) >= 11 is 3.15. The van der Waals surface area contributed by atoms with Gasteiger partial charge in [0, 0.05) is 6.07 Å². The summed E-state index contributed by atoms with van der Waals surface area (Å²) < 4.78 is 33.0. The van der Waals surface area contributed by atoms with Crippen LogP contribution in [0.1, 0.15) is 24.1 Å². The summed E-state index contributed by atoms with van der Waals surface area (Å²) in [4.78, 5) is 0.0652. The lowest BCUT2D eigenvalue weighted by Crippen LogP contribution is -2.14. The van der Waals surface area contributed by atoms with Crippen LogP contribution >= 0.6 is 15.9 Å². The second kappa shape index (κ2) is 6.20. The average molecular weight is 377 g/mol. The second-order valence-corrected chi connectivity index (χ2v) is 6.92. The van der Waals surface area contributed by atoms with Gasteiger partial charge in [0.25, 0.3) is 10.0 Å². The molecule has 0 atom stereocenters. The zero-order valence-corrected chi connectivity index (χ0v) is 14.4. The number of aryl methyl sites for hydroxylation is 2. The Morgan fingerprint density at radius 1 is 1.43 bits per heavy atom. The van der Waals surface area contributed by atoms with Crippen molar-refractivity contribution in [3.63, 3.8) is 0 Å². The van der Waals surface area contributed by atoms with Crippen LogP contribution in [0.2, 0.25) is 0 Å². The molecule has 0 saturated carbocycles. The molecule has 0 aromatic carbocycles. The van der Waals surface area contributed by atoms with Gasteiger partial charge in [0.1, 0.15) is 10.7 Å². The Morgan fingerprint density at radius 3 is 2.71 bits per heavy atom. The first-order valence-corrected chi connectivity index (χ1v) is 8.66. The lowest BCUT2D eigenvalue weighted by Gasteiger charge is -2.06. The van der Waals surface area contributed by atoms with Gasteiger partial charge in [-0.25, -0.2) is 8.42 Å². The number of rotatable bonds is 6. The average Bonchev–Trinajstić information content (AvgIpc) is 2.94. The van der Waals surface area contributed by atoms with Crippen LogP contribution in [0.15, 0.2) is 20.0 Å². The second-order valence-electron chi connectivity index (χ2n) is 4.55. The Morgan fingerprint density at radius 2 is 2.14 bits per heavy atom. The van der Waals surface area contributed by atoms with E-state index in [1.54, 1.807) is 13.8 Å². The Kier molecular flexibility index (Phi) is 4.74. The number of hydrogen-bond acceptors (Lipinski definition) is 5. The summed E-state index contributed by atoms with van der Waals surface area (Å²) in [5, 5.41) is 9.78. The van der Waals surface area contributed by atoms with Crippen LogP contribution in [-0.4, -0.2) is 25.2 Å². The number of sulfonamides is 1. The van der Waals surface area contributed by atoms with E-state index in [0.717, 1.165) is 6.54 Å². The molecule has 0 aliphatic carbocycles. The zero-order chi connectivity index (χ0) is 15.6. The van der Waals surface area contributed by atoms with Crippen LogP contribution in [0.3, 0.4) is 0 Å². The molecular formula is C12H17BrN4O3S. The van der Waals surface area contributed by atoms with Gasteiger partial charge in [0.2, 0.25) is 0 Å². The van der Waals surface area contributed by atoms with Crippen molar-refractivity contribution in [3.8, 4) is 0 Å². The molecule has 9 heteroatoms. The number of H-pyrrole nitrogens is 1. The molecule has 3 N–H and O–H groups in total. The number of nitrogens with one attached hydrogen (secondary N) is 3. The molecular weight excluding hydrogens is 360 g/mol. The van der Waals surface area contributed by atoms with Crippen molar-refractivity contribution < 1.29 is 12.8 Å². The number of anilines is 1. The predicted octanol–water partition coefficient (Wildman–Crippen LogP) is 2.29. The molecule has 0 fully saturated rings. The summed E-state index contributed by atoms with van der Waals surface area (Å²) in [6.07, 6.45) is 0. The van der Waals surface area contributed by atoms with Gasteiger partial charge in [-0.05, 0) is 36.3 Å². The first-order chi connectivity index (χ1) is 9.85. The first kappa shape index (κ1) is 16.1. The van der Waals surface area contributed by atoms with Gasteiger partial charge in [-0.2, -0.15) is 5.10 Å². The number of aromatic nitrogens is 2. The minimum Gasteiger partial charge on any atom is -0.451 e. The molecule has 7 nitrogen and oxygen atoms in total. The molecule has 2 rings (SSSR count). The highest BCUT2D eigenvalue weighted by atomic mass is 79.9. The highest BCUT2D eigenvalue weighted by molar-refractivity contribution is 9.10. The van der Waals surface area contributed by atoms with Crippen molar-refractivity contribution in [1.29, 1.82) is 0 Å². The van der Waals surface area contributed by atoms with Gasteiger partial charge in [-0.1, -0.05) is 6.92 Å². The molecule has 0 spiro atoms. The number of halogens is 1. The number of aromatic amines is 1. The van der Waals surface area contributed by atoms with Gasteiger partial charge in [0.05, 0.1) is 23.6 Å². The number of furan rings is 1. The van der Waals surface area contributed by atoms with Crippen LogP contribution in [0.25, 0.3) is 0 Å². The van der Waals surface area contributed by atoms with Gasteiger partial charge in [0.15, 0.2) is 4.67 Å². The third kappa shape index (κ3) is 3.47. The molecule has 0 radical (unpaired) electrons. The summed E-state index contributed by atoms with van der Waals surface area (Å²) in [5.41, 5.74) is 1.70. The van der Waals surface area contributed by atoms with Crippen molar-refractivity contribution in [2.75, 3.05) is 11.3 Å². The molecule has 0 bridgehead atoms.